The number of alkyl halides is 3. The van der Waals surface area contributed by atoms with Gasteiger partial charge in [-0.25, -0.2) is 4.79 Å². The number of para-hydroxylation sites is 1. The van der Waals surface area contributed by atoms with Gasteiger partial charge in [-0.1, -0.05) is 6.07 Å². The summed E-state index contributed by atoms with van der Waals surface area (Å²) in [7, 11) is 0. The summed E-state index contributed by atoms with van der Waals surface area (Å²) in [5, 5.41) is 28.4. The summed E-state index contributed by atoms with van der Waals surface area (Å²) < 4.78 is 38.1. The highest BCUT2D eigenvalue weighted by Gasteiger charge is 2.58. The summed E-state index contributed by atoms with van der Waals surface area (Å²) >= 11 is 0. The smallest absolute Gasteiger partial charge is 0.422 e. The van der Waals surface area contributed by atoms with Gasteiger partial charge in [0.05, 0.1) is 5.56 Å². The number of benzene rings is 1. The monoisotopic (exact) mass is 293 g/mol. The summed E-state index contributed by atoms with van der Waals surface area (Å²) in [5.74, 6) is -5.46. The number of carboxylic acids is 1. The van der Waals surface area contributed by atoms with Crippen LogP contribution in [0.3, 0.4) is 0 Å². The van der Waals surface area contributed by atoms with Crippen LogP contribution in [0.4, 0.5) is 13.2 Å². The molecule has 6 nitrogen and oxygen atoms in total. The molecule has 9 heteroatoms. The maximum atomic E-state index is 12.7. The molecule has 0 heterocycles. The van der Waals surface area contributed by atoms with Crippen molar-refractivity contribution >= 4 is 11.9 Å². The van der Waals surface area contributed by atoms with Crippen molar-refractivity contribution in [2.24, 2.45) is 0 Å². The van der Waals surface area contributed by atoms with Gasteiger partial charge in [0.25, 0.3) is 5.91 Å². The van der Waals surface area contributed by atoms with Crippen molar-refractivity contribution in [3.63, 3.8) is 0 Å². The van der Waals surface area contributed by atoms with Crippen LogP contribution in [0.25, 0.3) is 0 Å². The van der Waals surface area contributed by atoms with Crippen molar-refractivity contribution in [1.29, 1.82) is 0 Å². The normalized spacial score (nSPS) is 14.4. The predicted octanol–water partition coefficient (Wildman–Crippen LogP) is 1.23. The first-order chi connectivity index (χ1) is 9.00. The highest BCUT2D eigenvalue weighted by Crippen LogP contribution is 2.32. The first-order valence-electron chi connectivity index (χ1n) is 5.14. The molecule has 1 atom stereocenters. The Hall–Kier alpha value is -2.45. The van der Waals surface area contributed by atoms with Crippen LogP contribution < -0.4 is 5.32 Å². The molecule has 0 aromatic heterocycles. The van der Waals surface area contributed by atoms with Gasteiger partial charge in [-0.2, -0.15) is 13.2 Å². The Balaban J connectivity index is 3.17. The van der Waals surface area contributed by atoms with Gasteiger partial charge in [-0.05, 0) is 19.1 Å². The van der Waals surface area contributed by atoms with Crippen LogP contribution in [-0.4, -0.2) is 38.9 Å². The Morgan fingerprint density at radius 1 is 1.20 bits per heavy atom. The maximum absolute atomic E-state index is 12.7. The average Bonchev–Trinajstić information content (AvgIpc) is 2.30. The number of hydrogen-bond donors (Lipinski definition) is 4. The maximum Gasteiger partial charge on any atom is 0.422 e. The van der Waals surface area contributed by atoms with E-state index < -0.39 is 40.7 Å². The van der Waals surface area contributed by atoms with E-state index >= 15 is 0 Å². The average molecular weight is 293 g/mol. The van der Waals surface area contributed by atoms with E-state index in [0.29, 0.717) is 0 Å². The Morgan fingerprint density at radius 2 is 1.75 bits per heavy atom. The predicted molar refractivity (Wildman–Crippen MR) is 59.3 cm³/mol. The van der Waals surface area contributed by atoms with Crippen molar-refractivity contribution in [3.05, 3.63) is 23.8 Å². The van der Waals surface area contributed by atoms with Crippen molar-refractivity contribution in [2.75, 3.05) is 0 Å². The highest BCUT2D eigenvalue weighted by molar-refractivity contribution is 6.00. The molecule has 0 aliphatic carbocycles. The Kier molecular flexibility index (Phi) is 3.83. The minimum absolute atomic E-state index is 0.271. The number of amides is 1. The molecule has 0 aliphatic heterocycles. The first kappa shape index (κ1) is 15.6. The zero-order chi connectivity index (χ0) is 15.7. The largest absolute Gasteiger partial charge is 0.504 e. The van der Waals surface area contributed by atoms with Crippen LogP contribution in [0.2, 0.25) is 0 Å². The van der Waals surface area contributed by atoms with E-state index in [4.69, 9.17) is 10.2 Å². The summed E-state index contributed by atoms with van der Waals surface area (Å²) in [4.78, 5) is 22.4. The third-order valence-electron chi connectivity index (χ3n) is 2.62. The van der Waals surface area contributed by atoms with E-state index in [-0.39, 0.29) is 6.92 Å². The second-order valence-electron chi connectivity index (χ2n) is 4.06. The number of aromatic hydroxyl groups is 2. The van der Waals surface area contributed by atoms with Crippen molar-refractivity contribution in [3.8, 4) is 11.5 Å². The molecule has 1 rings (SSSR count). The lowest BCUT2D eigenvalue weighted by molar-refractivity contribution is -0.203. The lowest BCUT2D eigenvalue weighted by atomic mass is 10.0. The number of carbonyl (C=O) groups is 2. The molecule has 0 saturated heterocycles. The van der Waals surface area contributed by atoms with E-state index in [2.05, 4.69) is 0 Å². The quantitative estimate of drug-likeness (QED) is 0.627. The number of phenolic OH excluding ortho intramolecular Hbond substituents is 2. The van der Waals surface area contributed by atoms with Gasteiger partial charge in [0.1, 0.15) is 0 Å². The third-order valence-corrected chi connectivity index (χ3v) is 2.62. The molecule has 1 aromatic carbocycles. The lowest BCUT2D eigenvalue weighted by Gasteiger charge is -2.28. The molecular formula is C11H10F3NO5. The molecule has 1 unspecified atom stereocenters. The van der Waals surface area contributed by atoms with Crippen molar-refractivity contribution < 1.29 is 38.1 Å². The molecule has 1 amide bonds. The zero-order valence-electron chi connectivity index (χ0n) is 10.0. The van der Waals surface area contributed by atoms with Gasteiger partial charge in [0.15, 0.2) is 11.5 Å². The second kappa shape index (κ2) is 4.91. The van der Waals surface area contributed by atoms with Crippen molar-refractivity contribution in [2.45, 2.75) is 18.6 Å². The van der Waals surface area contributed by atoms with E-state index in [1.54, 1.807) is 0 Å². The number of aliphatic carboxylic acids is 1. The fourth-order valence-corrected chi connectivity index (χ4v) is 1.25. The molecular weight excluding hydrogens is 283 g/mol. The van der Waals surface area contributed by atoms with E-state index in [1.807, 2.05) is 0 Å². The number of hydrogen-bond acceptors (Lipinski definition) is 4. The van der Waals surface area contributed by atoms with E-state index in [0.717, 1.165) is 18.2 Å². The number of carboxylic acid groups (broad SMARTS) is 1. The van der Waals surface area contributed by atoms with Crippen LogP contribution in [-0.2, 0) is 4.79 Å². The van der Waals surface area contributed by atoms with Gasteiger partial charge in [0.2, 0.25) is 5.54 Å². The number of nitrogens with one attached hydrogen (secondary N) is 1. The summed E-state index contributed by atoms with van der Waals surface area (Å²) in [5.41, 5.74) is -4.20. The molecule has 0 fully saturated rings. The molecule has 1 aromatic rings. The molecule has 0 aliphatic rings. The molecule has 0 radical (unpaired) electrons. The second-order valence-corrected chi connectivity index (χ2v) is 4.06. The van der Waals surface area contributed by atoms with Gasteiger partial charge in [0, 0.05) is 0 Å². The molecule has 4 N–H and O–H groups in total. The van der Waals surface area contributed by atoms with E-state index in [1.165, 1.54) is 5.32 Å². The number of halogens is 3. The third kappa shape index (κ3) is 2.60. The fourth-order valence-electron chi connectivity index (χ4n) is 1.25. The van der Waals surface area contributed by atoms with Crippen LogP contribution in [0.5, 0.6) is 11.5 Å². The van der Waals surface area contributed by atoms with Crippen LogP contribution >= 0.6 is 0 Å². The topological polar surface area (TPSA) is 107 Å². The van der Waals surface area contributed by atoms with Gasteiger partial charge in [-0.3, -0.25) is 4.79 Å². The number of rotatable bonds is 3. The molecule has 20 heavy (non-hydrogen) atoms. The molecule has 0 spiro atoms. The fraction of sp³-hybridized carbons (Fsp3) is 0.273. The Bertz CT molecular complexity index is 557. The van der Waals surface area contributed by atoms with E-state index in [9.17, 15) is 27.9 Å². The van der Waals surface area contributed by atoms with Crippen LogP contribution in [0.1, 0.15) is 17.3 Å². The van der Waals surface area contributed by atoms with Gasteiger partial charge in [-0.15, -0.1) is 0 Å². The Labute approximate surface area is 110 Å². The first-order valence-corrected chi connectivity index (χ1v) is 5.14. The summed E-state index contributed by atoms with van der Waals surface area (Å²) in [6.07, 6.45) is -5.25. The number of carbonyl (C=O) groups excluding carboxylic acids is 1. The minimum atomic E-state index is -5.25. The van der Waals surface area contributed by atoms with Gasteiger partial charge < -0.3 is 20.6 Å². The molecule has 0 saturated carbocycles. The van der Waals surface area contributed by atoms with Crippen LogP contribution in [0, 0.1) is 0 Å². The van der Waals surface area contributed by atoms with Gasteiger partial charge >= 0.3 is 12.1 Å². The lowest BCUT2D eigenvalue weighted by Crippen LogP contribution is -2.61. The molecule has 0 bridgehead atoms. The van der Waals surface area contributed by atoms with Crippen molar-refractivity contribution in [1.82, 2.24) is 5.32 Å². The van der Waals surface area contributed by atoms with Crippen LogP contribution in [0.15, 0.2) is 18.2 Å². The Morgan fingerprint density at radius 3 is 2.20 bits per heavy atom. The molecule has 110 valence electrons. The SMILES string of the molecule is CC(NC(=O)c1cccc(O)c1O)(C(=O)O)C(F)(F)F. The standard InChI is InChI=1S/C11H10F3NO5/c1-10(9(19)20,11(12,13)14)15-8(18)5-3-2-4-6(16)7(5)17/h2-4,16-17H,1H3,(H,15,18)(H,19,20). The number of phenols is 2. The summed E-state index contributed by atoms with van der Waals surface area (Å²) in [6.45, 7) is 0.271. The summed E-state index contributed by atoms with van der Waals surface area (Å²) in [6, 6.07) is 3.05. The zero-order valence-corrected chi connectivity index (χ0v) is 10.0. The highest BCUT2D eigenvalue weighted by atomic mass is 19.4. The minimum Gasteiger partial charge on any atom is -0.504 e.